The van der Waals surface area contributed by atoms with Crippen molar-refractivity contribution in [2.24, 2.45) is 0 Å². The number of ether oxygens (including phenoxy) is 1. The molecule has 3 aromatic rings. The normalized spacial score (nSPS) is 11.2. The average Bonchev–Trinajstić information content (AvgIpc) is 2.92. The summed E-state index contributed by atoms with van der Waals surface area (Å²) in [5, 5.41) is 2.71. The Bertz CT molecular complexity index is 1370. The standard InChI is InChI=1S/C27H28FN3O6S/c1-3-22(4-2)37-27(34)24-14-9-20(17-30-24)26(33)31-38(35,36)23-12-7-19(8-13-23)25(32)29-16-15-18-5-10-21(28)11-6-18/h5-14,17,22H,3-4,15-16H2,1-2H3,(H,29,32)(H,31,33). The molecule has 3 rings (SSSR count). The highest BCUT2D eigenvalue weighted by atomic mass is 32.2. The van der Waals surface area contributed by atoms with Crippen molar-refractivity contribution in [1.29, 1.82) is 0 Å². The van der Waals surface area contributed by atoms with E-state index >= 15 is 0 Å². The predicted octanol–water partition coefficient (Wildman–Crippen LogP) is 3.66. The molecule has 1 aromatic heterocycles. The first-order chi connectivity index (χ1) is 18.1. The van der Waals surface area contributed by atoms with Crippen molar-refractivity contribution in [3.8, 4) is 0 Å². The van der Waals surface area contributed by atoms with Crippen LogP contribution in [0.1, 0.15) is 63.5 Å². The lowest BCUT2D eigenvalue weighted by molar-refractivity contribution is 0.0277. The zero-order chi connectivity index (χ0) is 27.7. The number of hydrogen-bond acceptors (Lipinski definition) is 7. The van der Waals surface area contributed by atoms with E-state index in [1.165, 1.54) is 48.5 Å². The van der Waals surface area contributed by atoms with Crippen molar-refractivity contribution in [2.75, 3.05) is 6.54 Å². The Kier molecular flexibility index (Phi) is 9.66. The Morgan fingerprint density at radius 2 is 1.53 bits per heavy atom. The summed E-state index contributed by atoms with van der Waals surface area (Å²) in [6.45, 7) is 4.09. The molecule has 2 aromatic carbocycles. The minimum absolute atomic E-state index is 0.00263. The number of carbonyl (C=O) groups excluding carboxylic acids is 3. The topological polar surface area (TPSA) is 132 Å². The zero-order valence-corrected chi connectivity index (χ0v) is 21.8. The molecule has 38 heavy (non-hydrogen) atoms. The van der Waals surface area contributed by atoms with Gasteiger partial charge in [0.2, 0.25) is 0 Å². The van der Waals surface area contributed by atoms with Crippen LogP contribution in [0.15, 0.2) is 71.8 Å². The van der Waals surface area contributed by atoms with Crippen LogP contribution >= 0.6 is 0 Å². The number of amides is 2. The highest BCUT2D eigenvalue weighted by Gasteiger charge is 2.21. The minimum Gasteiger partial charge on any atom is -0.458 e. The number of sulfonamides is 1. The van der Waals surface area contributed by atoms with E-state index in [-0.39, 0.29) is 33.6 Å². The first-order valence-corrected chi connectivity index (χ1v) is 13.5. The number of carbonyl (C=O) groups is 3. The lowest BCUT2D eigenvalue weighted by Gasteiger charge is -2.13. The van der Waals surface area contributed by atoms with E-state index in [4.69, 9.17) is 4.74 Å². The average molecular weight is 542 g/mol. The molecule has 0 aliphatic rings. The number of rotatable bonds is 11. The number of benzene rings is 2. The number of esters is 1. The molecular weight excluding hydrogens is 513 g/mol. The van der Waals surface area contributed by atoms with Crippen LogP contribution in [-0.2, 0) is 21.2 Å². The Morgan fingerprint density at radius 1 is 0.895 bits per heavy atom. The first-order valence-electron chi connectivity index (χ1n) is 12.0. The van der Waals surface area contributed by atoms with Crippen LogP contribution in [-0.4, -0.2) is 43.8 Å². The van der Waals surface area contributed by atoms with E-state index < -0.39 is 27.8 Å². The Labute approximate surface area is 220 Å². The molecule has 0 aliphatic carbocycles. The van der Waals surface area contributed by atoms with Crippen molar-refractivity contribution in [1.82, 2.24) is 15.0 Å². The van der Waals surface area contributed by atoms with Gasteiger partial charge in [0.15, 0.2) is 0 Å². The van der Waals surface area contributed by atoms with Gasteiger partial charge in [-0.2, -0.15) is 0 Å². The highest BCUT2D eigenvalue weighted by molar-refractivity contribution is 7.90. The van der Waals surface area contributed by atoms with Crippen molar-refractivity contribution in [3.05, 3.63) is 95.1 Å². The second kappa shape index (κ2) is 12.9. The summed E-state index contributed by atoms with van der Waals surface area (Å²) in [6, 6.07) is 13.6. The van der Waals surface area contributed by atoms with E-state index in [1.807, 2.05) is 18.6 Å². The molecule has 2 amide bonds. The molecule has 0 bridgehead atoms. The third kappa shape index (κ3) is 7.69. The summed E-state index contributed by atoms with van der Waals surface area (Å²) >= 11 is 0. The van der Waals surface area contributed by atoms with Gasteiger partial charge in [-0.15, -0.1) is 0 Å². The van der Waals surface area contributed by atoms with Crippen LogP contribution in [0.2, 0.25) is 0 Å². The smallest absolute Gasteiger partial charge is 0.357 e. The van der Waals surface area contributed by atoms with Crippen molar-refractivity contribution in [3.63, 3.8) is 0 Å². The monoisotopic (exact) mass is 541 g/mol. The van der Waals surface area contributed by atoms with Gasteiger partial charge in [0.1, 0.15) is 17.6 Å². The van der Waals surface area contributed by atoms with Crippen LogP contribution in [0, 0.1) is 5.82 Å². The van der Waals surface area contributed by atoms with E-state index in [1.54, 1.807) is 12.1 Å². The SMILES string of the molecule is CCC(CC)OC(=O)c1ccc(C(=O)NS(=O)(=O)c2ccc(C(=O)NCCc3ccc(F)cc3)cc2)cn1. The van der Waals surface area contributed by atoms with Crippen molar-refractivity contribution in [2.45, 2.75) is 44.1 Å². The number of halogens is 1. The second-order valence-electron chi connectivity index (χ2n) is 8.37. The van der Waals surface area contributed by atoms with Gasteiger partial charge in [0, 0.05) is 18.3 Å². The molecule has 0 atom stereocenters. The van der Waals surface area contributed by atoms with Gasteiger partial charge >= 0.3 is 5.97 Å². The fourth-order valence-corrected chi connectivity index (χ4v) is 4.39. The van der Waals surface area contributed by atoms with Crippen LogP contribution < -0.4 is 10.0 Å². The molecule has 0 unspecified atom stereocenters. The van der Waals surface area contributed by atoms with Crippen molar-refractivity contribution >= 4 is 27.8 Å². The van der Waals surface area contributed by atoms with Gasteiger partial charge in [-0.05, 0) is 73.4 Å². The Morgan fingerprint density at radius 3 is 2.11 bits per heavy atom. The molecule has 9 nitrogen and oxygen atoms in total. The highest BCUT2D eigenvalue weighted by Crippen LogP contribution is 2.13. The van der Waals surface area contributed by atoms with E-state index in [0.717, 1.165) is 11.8 Å². The summed E-state index contributed by atoms with van der Waals surface area (Å²) in [7, 11) is -4.24. The molecule has 11 heteroatoms. The van der Waals surface area contributed by atoms with Gasteiger partial charge in [-0.3, -0.25) is 9.59 Å². The third-order valence-corrected chi connectivity index (χ3v) is 7.03. The maximum Gasteiger partial charge on any atom is 0.357 e. The second-order valence-corrected chi connectivity index (χ2v) is 10.0. The van der Waals surface area contributed by atoms with Gasteiger partial charge < -0.3 is 10.1 Å². The fourth-order valence-electron chi connectivity index (χ4n) is 3.41. The molecule has 0 saturated heterocycles. The number of hydrogen-bond donors (Lipinski definition) is 2. The van der Waals surface area contributed by atoms with Crippen LogP contribution in [0.3, 0.4) is 0 Å². The Balaban J connectivity index is 1.56. The lowest BCUT2D eigenvalue weighted by atomic mass is 10.1. The molecule has 2 N–H and O–H groups in total. The zero-order valence-electron chi connectivity index (χ0n) is 20.9. The van der Waals surface area contributed by atoms with Gasteiger partial charge in [0.05, 0.1) is 10.5 Å². The first kappa shape index (κ1) is 28.5. The Hall–Kier alpha value is -4.12. The van der Waals surface area contributed by atoms with Crippen LogP contribution in [0.4, 0.5) is 4.39 Å². The van der Waals surface area contributed by atoms with Crippen LogP contribution in [0.25, 0.3) is 0 Å². The van der Waals surface area contributed by atoms with Gasteiger partial charge in [-0.1, -0.05) is 26.0 Å². The number of nitrogens with zero attached hydrogens (tertiary/aromatic N) is 1. The third-order valence-electron chi connectivity index (χ3n) is 5.69. The summed E-state index contributed by atoms with van der Waals surface area (Å²) in [5.41, 5.74) is 1.03. The largest absolute Gasteiger partial charge is 0.458 e. The van der Waals surface area contributed by atoms with Gasteiger partial charge in [0.25, 0.3) is 21.8 Å². The quantitative estimate of drug-likeness (QED) is 0.354. The molecule has 1 heterocycles. The molecular formula is C27H28FN3O6S. The minimum atomic E-state index is -4.24. The molecule has 0 fully saturated rings. The van der Waals surface area contributed by atoms with Gasteiger partial charge in [-0.25, -0.2) is 27.3 Å². The maximum atomic E-state index is 13.0. The van der Waals surface area contributed by atoms with E-state index in [9.17, 15) is 27.2 Å². The van der Waals surface area contributed by atoms with Crippen LogP contribution in [0.5, 0.6) is 0 Å². The fraction of sp³-hybridized carbons (Fsp3) is 0.259. The molecule has 0 radical (unpaired) electrons. The summed E-state index contributed by atoms with van der Waals surface area (Å²) in [5.74, 6) is -2.31. The van der Waals surface area contributed by atoms with E-state index in [2.05, 4.69) is 10.3 Å². The summed E-state index contributed by atoms with van der Waals surface area (Å²) in [6.07, 6.45) is 2.66. The molecule has 0 spiro atoms. The molecule has 200 valence electrons. The number of nitrogens with one attached hydrogen (secondary N) is 2. The number of aromatic nitrogens is 1. The molecule has 0 aliphatic heterocycles. The summed E-state index contributed by atoms with van der Waals surface area (Å²) < 4.78 is 45.5. The molecule has 0 saturated carbocycles. The van der Waals surface area contributed by atoms with Crippen molar-refractivity contribution < 1.29 is 31.9 Å². The van der Waals surface area contributed by atoms with E-state index in [0.29, 0.717) is 25.8 Å². The lowest BCUT2D eigenvalue weighted by Crippen LogP contribution is -2.31. The maximum absolute atomic E-state index is 13.0. The summed E-state index contributed by atoms with van der Waals surface area (Å²) in [4.78, 5) is 40.7. The predicted molar refractivity (Wildman–Crippen MR) is 138 cm³/mol. The number of pyridine rings is 1.